The van der Waals surface area contributed by atoms with E-state index in [1.807, 2.05) is 60.4 Å². The maximum absolute atomic E-state index is 5.08. The lowest BCUT2D eigenvalue weighted by atomic mass is 10.3. The number of methoxy groups -OCH3 is 1. The molecular weight excluding hydrogens is 200 g/mol. The van der Waals surface area contributed by atoms with Crippen LogP contribution < -0.4 is 4.74 Å². The van der Waals surface area contributed by atoms with Gasteiger partial charge in [0.25, 0.3) is 0 Å². The maximum Gasteiger partial charge on any atom is 0.119 e. The molecule has 0 bridgehead atoms. The molecule has 82 valence electrons. The van der Waals surface area contributed by atoms with E-state index in [0.29, 0.717) is 0 Å². The van der Waals surface area contributed by atoms with Crippen molar-refractivity contribution < 1.29 is 4.74 Å². The van der Waals surface area contributed by atoms with Crippen molar-refractivity contribution in [2.75, 3.05) is 7.11 Å². The predicted molar refractivity (Wildman–Crippen MR) is 65.7 cm³/mol. The van der Waals surface area contributed by atoms with E-state index in [9.17, 15) is 0 Å². The van der Waals surface area contributed by atoms with Gasteiger partial charge in [-0.15, -0.1) is 0 Å². The summed E-state index contributed by atoms with van der Waals surface area (Å²) in [6.07, 6.45) is 3.84. The van der Waals surface area contributed by atoms with Crippen LogP contribution in [0.15, 0.2) is 47.6 Å². The number of ether oxygens (including phenoxy) is 1. The van der Waals surface area contributed by atoms with Gasteiger partial charge in [0.05, 0.1) is 24.7 Å². The minimum Gasteiger partial charge on any atom is -0.497 e. The fourth-order valence-corrected chi connectivity index (χ4v) is 1.42. The van der Waals surface area contributed by atoms with Gasteiger partial charge in [-0.1, -0.05) is 0 Å². The van der Waals surface area contributed by atoms with E-state index in [0.717, 1.165) is 17.1 Å². The molecule has 0 amide bonds. The third-order valence-corrected chi connectivity index (χ3v) is 2.40. The topological polar surface area (TPSA) is 26.5 Å². The molecule has 0 radical (unpaired) electrons. The number of rotatable bonds is 3. The van der Waals surface area contributed by atoms with Gasteiger partial charge in [0, 0.05) is 13.2 Å². The van der Waals surface area contributed by atoms with E-state index in [1.54, 1.807) is 7.11 Å². The predicted octanol–water partition coefficient (Wildman–Crippen LogP) is 2.78. The Morgan fingerprint density at radius 2 is 1.94 bits per heavy atom. The zero-order valence-electron chi connectivity index (χ0n) is 9.42. The molecule has 1 aromatic carbocycles. The van der Waals surface area contributed by atoms with Crippen LogP contribution in [-0.4, -0.2) is 17.9 Å². The summed E-state index contributed by atoms with van der Waals surface area (Å²) in [6, 6.07) is 11.7. The number of nitrogens with zero attached hydrogens (tertiary/aromatic N) is 2. The zero-order valence-corrected chi connectivity index (χ0v) is 9.42. The largest absolute Gasteiger partial charge is 0.497 e. The second-order valence-electron chi connectivity index (χ2n) is 3.50. The van der Waals surface area contributed by atoms with Gasteiger partial charge in [0.1, 0.15) is 5.75 Å². The summed E-state index contributed by atoms with van der Waals surface area (Å²) in [5, 5.41) is 0. The number of aliphatic imine (C=N–C) groups is 1. The van der Waals surface area contributed by atoms with Crippen molar-refractivity contribution in [1.29, 1.82) is 0 Å². The SMILES string of the molecule is COc1ccc(N=Cc2cccn2C)cc1. The fourth-order valence-electron chi connectivity index (χ4n) is 1.42. The summed E-state index contributed by atoms with van der Waals surface area (Å²) in [7, 11) is 3.65. The first kappa shape index (κ1) is 10.5. The lowest BCUT2D eigenvalue weighted by molar-refractivity contribution is 0.415. The van der Waals surface area contributed by atoms with Gasteiger partial charge in [0.15, 0.2) is 0 Å². The Kier molecular flexibility index (Phi) is 3.05. The molecule has 0 fully saturated rings. The minimum atomic E-state index is 0.845. The van der Waals surface area contributed by atoms with E-state index in [2.05, 4.69) is 4.99 Å². The highest BCUT2D eigenvalue weighted by Gasteiger charge is 1.93. The van der Waals surface area contributed by atoms with Crippen molar-refractivity contribution in [3.8, 4) is 5.75 Å². The normalized spacial score (nSPS) is 10.9. The number of benzene rings is 1. The zero-order chi connectivity index (χ0) is 11.4. The van der Waals surface area contributed by atoms with Crippen LogP contribution in [0.1, 0.15) is 5.69 Å². The van der Waals surface area contributed by atoms with Crippen molar-refractivity contribution in [3.05, 3.63) is 48.3 Å². The van der Waals surface area contributed by atoms with E-state index < -0.39 is 0 Å². The van der Waals surface area contributed by atoms with Crippen LogP contribution in [-0.2, 0) is 7.05 Å². The first-order valence-electron chi connectivity index (χ1n) is 5.09. The quantitative estimate of drug-likeness (QED) is 0.721. The third-order valence-electron chi connectivity index (χ3n) is 2.40. The molecule has 1 aromatic heterocycles. The molecule has 0 saturated carbocycles. The van der Waals surface area contributed by atoms with Crippen LogP contribution in [0.5, 0.6) is 5.75 Å². The summed E-state index contributed by atoms with van der Waals surface area (Å²) >= 11 is 0. The third kappa shape index (κ3) is 2.31. The van der Waals surface area contributed by atoms with Crippen molar-refractivity contribution >= 4 is 11.9 Å². The molecule has 0 atom stereocenters. The van der Waals surface area contributed by atoms with Gasteiger partial charge < -0.3 is 9.30 Å². The highest BCUT2D eigenvalue weighted by Crippen LogP contribution is 2.17. The first-order chi connectivity index (χ1) is 7.79. The highest BCUT2D eigenvalue weighted by atomic mass is 16.5. The van der Waals surface area contributed by atoms with E-state index in [1.165, 1.54) is 0 Å². The molecule has 0 spiro atoms. The van der Waals surface area contributed by atoms with Gasteiger partial charge in [0.2, 0.25) is 0 Å². The Morgan fingerprint density at radius 3 is 2.50 bits per heavy atom. The smallest absolute Gasteiger partial charge is 0.119 e. The number of aryl methyl sites for hydroxylation is 1. The summed E-state index contributed by atoms with van der Waals surface area (Å²) < 4.78 is 7.10. The van der Waals surface area contributed by atoms with Crippen LogP contribution in [0.4, 0.5) is 5.69 Å². The minimum absolute atomic E-state index is 0.845. The molecule has 0 saturated heterocycles. The standard InChI is InChI=1S/C13H14N2O/c1-15-9-3-4-12(15)10-14-11-5-7-13(16-2)8-6-11/h3-10H,1-2H3. The monoisotopic (exact) mass is 214 g/mol. The Bertz CT molecular complexity index is 483. The van der Waals surface area contributed by atoms with Crippen LogP contribution >= 0.6 is 0 Å². The molecular formula is C13H14N2O. The fraction of sp³-hybridized carbons (Fsp3) is 0.154. The Hall–Kier alpha value is -2.03. The molecule has 0 aliphatic heterocycles. The number of aromatic nitrogens is 1. The molecule has 16 heavy (non-hydrogen) atoms. The Labute approximate surface area is 95.0 Å². The lowest BCUT2D eigenvalue weighted by Gasteiger charge is -1.99. The van der Waals surface area contributed by atoms with E-state index >= 15 is 0 Å². The highest BCUT2D eigenvalue weighted by molar-refractivity contribution is 5.80. The second kappa shape index (κ2) is 4.66. The molecule has 2 aromatic rings. The van der Waals surface area contributed by atoms with E-state index in [4.69, 9.17) is 4.74 Å². The molecule has 3 heteroatoms. The first-order valence-corrected chi connectivity index (χ1v) is 5.09. The maximum atomic E-state index is 5.08. The molecule has 0 unspecified atom stereocenters. The van der Waals surface area contributed by atoms with Gasteiger partial charge in [-0.25, -0.2) is 0 Å². The van der Waals surface area contributed by atoms with Gasteiger partial charge in [-0.05, 0) is 36.4 Å². The van der Waals surface area contributed by atoms with Gasteiger partial charge >= 0.3 is 0 Å². The Morgan fingerprint density at radius 1 is 1.19 bits per heavy atom. The van der Waals surface area contributed by atoms with Crippen LogP contribution in [0.2, 0.25) is 0 Å². The van der Waals surface area contributed by atoms with Crippen molar-refractivity contribution in [2.45, 2.75) is 0 Å². The number of hydrogen-bond donors (Lipinski definition) is 0. The van der Waals surface area contributed by atoms with Crippen molar-refractivity contribution in [3.63, 3.8) is 0 Å². The average molecular weight is 214 g/mol. The van der Waals surface area contributed by atoms with Crippen LogP contribution in [0.3, 0.4) is 0 Å². The summed E-state index contributed by atoms with van der Waals surface area (Å²) in [5.41, 5.74) is 2.00. The molecule has 0 N–H and O–H groups in total. The molecule has 1 heterocycles. The Balaban J connectivity index is 2.14. The summed E-state index contributed by atoms with van der Waals surface area (Å²) in [4.78, 5) is 4.38. The van der Waals surface area contributed by atoms with Crippen molar-refractivity contribution in [2.24, 2.45) is 12.0 Å². The van der Waals surface area contributed by atoms with E-state index in [-0.39, 0.29) is 0 Å². The van der Waals surface area contributed by atoms with Crippen molar-refractivity contribution in [1.82, 2.24) is 4.57 Å². The van der Waals surface area contributed by atoms with Crippen LogP contribution in [0, 0.1) is 0 Å². The molecule has 0 aliphatic carbocycles. The summed E-state index contributed by atoms with van der Waals surface area (Å²) in [6.45, 7) is 0. The van der Waals surface area contributed by atoms with Crippen LogP contribution in [0.25, 0.3) is 0 Å². The molecule has 0 aliphatic rings. The van der Waals surface area contributed by atoms with Gasteiger partial charge in [-0.3, -0.25) is 4.99 Å². The molecule has 3 nitrogen and oxygen atoms in total. The average Bonchev–Trinajstić information content (AvgIpc) is 2.73. The molecule has 2 rings (SSSR count). The van der Waals surface area contributed by atoms with Gasteiger partial charge in [-0.2, -0.15) is 0 Å². The summed E-state index contributed by atoms with van der Waals surface area (Å²) in [5.74, 6) is 0.845. The second-order valence-corrected chi connectivity index (χ2v) is 3.50. The number of hydrogen-bond acceptors (Lipinski definition) is 2. The lowest BCUT2D eigenvalue weighted by Crippen LogP contribution is -1.91.